The van der Waals surface area contributed by atoms with E-state index in [9.17, 15) is 8.42 Å². The first kappa shape index (κ1) is 16.5. The van der Waals surface area contributed by atoms with Crippen molar-refractivity contribution in [3.05, 3.63) is 23.8 Å². The summed E-state index contributed by atoms with van der Waals surface area (Å²) in [5.74, 6) is 0. The van der Waals surface area contributed by atoms with Crippen molar-refractivity contribution in [1.82, 2.24) is 0 Å². The molecule has 0 bridgehead atoms. The topological polar surface area (TPSA) is 78.6 Å². The molecule has 116 valence electrons. The molecule has 0 aromatic heterocycles. The molecule has 5 nitrogen and oxygen atoms in total. The van der Waals surface area contributed by atoms with Crippen LogP contribution in [0.15, 0.2) is 23.1 Å². The Morgan fingerprint density at radius 3 is 2.10 bits per heavy atom. The minimum Gasteiger partial charge on any atom is -0.399 e. The summed E-state index contributed by atoms with van der Waals surface area (Å²) < 4.78 is 35.1. The SMILES string of the molecule is CCc1cc(B2OC(C)(C)C(C)(C)O2)ccc1S(N)(=O)=O. The molecule has 0 saturated carbocycles. The Hall–Kier alpha value is -0.885. The van der Waals surface area contributed by atoms with Crippen LogP contribution >= 0.6 is 0 Å². The third-order valence-corrected chi connectivity index (χ3v) is 5.31. The van der Waals surface area contributed by atoms with Crippen LogP contribution < -0.4 is 10.6 Å². The lowest BCUT2D eigenvalue weighted by Gasteiger charge is -2.32. The van der Waals surface area contributed by atoms with E-state index in [0.717, 1.165) is 5.46 Å². The second-order valence-electron chi connectivity index (χ2n) is 6.35. The number of primary sulfonamides is 1. The molecule has 1 fully saturated rings. The van der Waals surface area contributed by atoms with E-state index in [4.69, 9.17) is 14.4 Å². The highest BCUT2D eigenvalue weighted by Crippen LogP contribution is 2.36. The Labute approximate surface area is 127 Å². The number of nitrogens with two attached hydrogens (primary N) is 1. The highest BCUT2D eigenvalue weighted by molar-refractivity contribution is 7.89. The number of benzene rings is 1. The van der Waals surface area contributed by atoms with Crippen LogP contribution in [0.4, 0.5) is 0 Å². The smallest absolute Gasteiger partial charge is 0.399 e. The summed E-state index contributed by atoms with van der Waals surface area (Å²) in [5, 5.41) is 5.23. The first-order valence-corrected chi connectivity index (χ1v) is 8.54. The summed E-state index contributed by atoms with van der Waals surface area (Å²) in [6.45, 7) is 9.80. The molecule has 0 amide bonds. The van der Waals surface area contributed by atoms with Gasteiger partial charge in [0, 0.05) is 0 Å². The Morgan fingerprint density at radius 1 is 1.14 bits per heavy atom. The zero-order valence-electron chi connectivity index (χ0n) is 13.1. The third kappa shape index (κ3) is 3.01. The fraction of sp³-hybridized carbons (Fsp3) is 0.571. The van der Waals surface area contributed by atoms with Crippen molar-refractivity contribution >= 4 is 22.6 Å². The number of sulfonamides is 1. The minimum atomic E-state index is -3.71. The van der Waals surface area contributed by atoms with Crippen LogP contribution in [0.25, 0.3) is 0 Å². The Kier molecular flexibility index (Phi) is 3.99. The average molecular weight is 311 g/mol. The highest BCUT2D eigenvalue weighted by Gasteiger charge is 2.51. The van der Waals surface area contributed by atoms with Crippen molar-refractivity contribution in [2.24, 2.45) is 5.14 Å². The number of rotatable bonds is 3. The van der Waals surface area contributed by atoms with Gasteiger partial charge in [0.05, 0.1) is 16.1 Å². The molecule has 0 unspecified atom stereocenters. The van der Waals surface area contributed by atoms with E-state index in [1.807, 2.05) is 34.6 Å². The van der Waals surface area contributed by atoms with Crippen LogP contribution in [-0.4, -0.2) is 26.7 Å². The second-order valence-corrected chi connectivity index (χ2v) is 7.88. The summed E-state index contributed by atoms with van der Waals surface area (Å²) in [6.07, 6.45) is 0.569. The number of aryl methyl sites for hydroxylation is 1. The molecular formula is C14H22BNO4S. The van der Waals surface area contributed by atoms with Crippen molar-refractivity contribution in [3.63, 3.8) is 0 Å². The lowest BCUT2D eigenvalue weighted by Crippen LogP contribution is -2.41. The molecule has 1 aliphatic rings. The van der Waals surface area contributed by atoms with Crippen LogP contribution in [0.1, 0.15) is 40.2 Å². The molecule has 0 radical (unpaired) electrons. The normalized spacial score (nSPS) is 20.8. The summed E-state index contributed by atoms with van der Waals surface area (Å²) >= 11 is 0. The lowest BCUT2D eigenvalue weighted by atomic mass is 9.78. The predicted molar refractivity (Wildman–Crippen MR) is 82.9 cm³/mol. The minimum absolute atomic E-state index is 0.158. The predicted octanol–water partition coefficient (Wildman–Crippen LogP) is 1.20. The van der Waals surface area contributed by atoms with Crippen molar-refractivity contribution in [2.75, 3.05) is 0 Å². The van der Waals surface area contributed by atoms with Crippen molar-refractivity contribution in [3.8, 4) is 0 Å². The Morgan fingerprint density at radius 2 is 1.67 bits per heavy atom. The molecule has 0 atom stereocenters. The van der Waals surface area contributed by atoms with Crippen LogP contribution in [0.2, 0.25) is 0 Å². The van der Waals surface area contributed by atoms with E-state index in [1.165, 1.54) is 6.07 Å². The largest absolute Gasteiger partial charge is 0.494 e. The molecule has 1 saturated heterocycles. The molecule has 1 heterocycles. The van der Waals surface area contributed by atoms with E-state index in [0.29, 0.717) is 12.0 Å². The Bertz CT molecular complexity index is 639. The van der Waals surface area contributed by atoms with Gasteiger partial charge in [-0.25, -0.2) is 13.6 Å². The van der Waals surface area contributed by atoms with Gasteiger partial charge in [0.1, 0.15) is 0 Å². The molecule has 1 aromatic carbocycles. The maximum absolute atomic E-state index is 11.6. The van der Waals surface area contributed by atoms with Crippen LogP contribution in [0.5, 0.6) is 0 Å². The van der Waals surface area contributed by atoms with Gasteiger partial charge < -0.3 is 9.31 Å². The second kappa shape index (κ2) is 5.09. The molecule has 0 spiro atoms. The molecule has 2 rings (SSSR count). The van der Waals surface area contributed by atoms with Gasteiger partial charge in [-0.3, -0.25) is 0 Å². The number of hydrogen-bond acceptors (Lipinski definition) is 4. The van der Waals surface area contributed by atoms with Crippen molar-refractivity contribution in [2.45, 2.75) is 57.1 Å². The average Bonchev–Trinajstić information content (AvgIpc) is 2.56. The van der Waals surface area contributed by atoms with Crippen LogP contribution in [-0.2, 0) is 25.8 Å². The molecule has 1 aromatic rings. The van der Waals surface area contributed by atoms with Crippen LogP contribution in [0, 0.1) is 0 Å². The molecular weight excluding hydrogens is 289 g/mol. The van der Waals surface area contributed by atoms with E-state index < -0.39 is 28.3 Å². The molecule has 7 heteroatoms. The first-order chi connectivity index (χ1) is 9.48. The molecule has 0 aliphatic carbocycles. The summed E-state index contributed by atoms with van der Waals surface area (Å²) in [6, 6.07) is 5.01. The molecule has 2 N–H and O–H groups in total. The van der Waals surface area contributed by atoms with Gasteiger partial charge >= 0.3 is 7.12 Å². The quantitative estimate of drug-likeness (QED) is 0.851. The van der Waals surface area contributed by atoms with Crippen molar-refractivity contribution in [1.29, 1.82) is 0 Å². The number of hydrogen-bond donors (Lipinski definition) is 1. The monoisotopic (exact) mass is 311 g/mol. The van der Waals surface area contributed by atoms with Gasteiger partial charge in [-0.15, -0.1) is 0 Å². The molecule has 21 heavy (non-hydrogen) atoms. The summed E-state index contributed by atoms with van der Waals surface area (Å²) in [4.78, 5) is 0.158. The molecule has 1 aliphatic heterocycles. The van der Waals surface area contributed by atoms with E-state index in [2.05, 4.69) is 0 Å². The van der Waals surface area contributed by atoms with Gasteiger partial charge in [-0.1, -0.05) is 19.1 Å². The van der Waals surface area contributed by atoms with Gasteiger partial charge in [0.15, 0.2) is 0 Å². The summed E-state index contributed by atoms with van der Waals surface area (Å²) in [5.41, 5.74) is 0.619. The fourth-order valence-electron chi connectivity index (χ4n) is 2.28. The van der Waals surface area contributed by atoms with E-state index >= 15 is 0 Å². The van der Waals surface area contributed by atoms with Crippen molar-refractivity contribution < 1.29 is 17.7 Å². The maximum Gasteiger partial charge on any atom is 0.494 e. The zero-order valence-corrected chi connectivity index (χ0v) is 14.0. The van der Waals surface area contributed by atoms with Crippen LogP contribution in [0.3, 0.4) is 0 Å². The third-order valence-electron chi connectivity index (χ3n) is 4.30. The van der Waals surface area contributed by atoms with Gasteiger partial charge in [0.25, 0.3) is 0 Å². The lowest BCUT2D eigenvalue weighted by molar-refractivity contribution is 0.00578. The standard InChI is InChI=1S/C14H22BNO4S/c1-6-10-9-11(7-8-12(10)21(16,17)18)15-19-13(2,3)14(4,5)20-15/h7-9H,6H2,1-5H3,(H2,16,17,18). The first-order valence-electron chi connectivity index (χ1n) is 6.99. The Balaban J connectivity index is 2.40. The van der Waals surface area contributed by atoms with Gasteiger partial charge in [-0.05, 0) is 51.2 Å². The fourth-order valence-corrected chi connectivity index (χ4v) is 3.11. The maximum atomic E-state index is 11.6. The van der Waals surface area contributed by atoms with Gasteiger partial charge in [-0.2, -0.15) is 0 Å². The van der Waals surface area contributed by atoms with E-state index in [1.54, 1.807) is 12.1 Å². The summed E-state index contributed by atoms with van der Waals surface area (Å²) in [7, 11) is -4.22. The highest BCUT2D eigenvalue weighted by atomic mass is 32.2. The zero-order chi connectivity index (χ0) is 16.1. The van der Waals surface area contributed by atoms with E-state index in [-0.39, 0.29) is 4.90 Å². The van der Waals surface area contributed by atoms with Gasteiger partial charge in [0.2, 0.25) is 10.0 Å².